The topological polar surface area (TPSA) is 114 Å². The van der Waals surface area contributed by atoms with Gasteiger partial charge in [0.15, 0.2) is 5.60 Å². The normalized spacial score (nSPS) is 13.7. The molecule has 214 valence electrons. The van der Waals surface area contributed by atoms with Crippen LogP contribution in [0, 0.1) is 0 Å². The highest BCUT2D eigenvalue weighted by Crippen LogP contribution is 2.38. The van der Waals surface area contributed by atoms with E-state index in [1.54, 1.807) is 17.6 Å². The molecule has 0 radical (unpaired) electrons. The number of aromatic nitrogens is 2. The van der Waals surface area contributed by atoms with Crippen LogP contribution in [0.1, 0.15) is 68.7 Å². The molecule has 0 bridgehead atoms. The van der Waals surface area contributed by atoms with Crippen LogP contribution in [0.25, 0.3) is 22.3 Å². The predicted octanol–water partition coefficient (Wildman–Crippen LogP) is 3.50. The number of hydrogen-bond donors (Lipinski definition) is 2. The van der Waals surface area contributed by atoms with Gasteiger partial charge in [-0.05, 0) is 51.1 Å². The Bertz CT molecular complexity index is 1480. The molecule has 0 saturated heterocycles. The minimum absolute atomic E-state index is 0.0265. The maximum atomic E-state index is 14.1. The molecule has 0 fully saturated rings. The number of rotatable bonds is 12. The van der Waals surface area contributed by atoms with Crippen molar-refractivity contribution in [3.05, 3.63) is 62.9 Å². The summed E-state index contributed by atoms with van der Waals surface area (Å²) in [5, 5.41) is 15.7. The van der Waals surface area contributed by atoms with Gasteiger partial charge in [0.25, 0.3) is 11.5 Å². The SMILES string of the molecule is CCCCC(=O)OCc1c([C@@](O)(CC)C(=O)NCCN(C)C)cc2n(c1=O)Cc1c-2nc2ccccc2c1CC. The Balaban J connectivity index is 1.87. The van der Waals surface area contributed by atoms with Crippen LogP contribution in [0.2, 0.25) is 0 Å². The number of aliphatic hydroxyl groups is 1. The molecule has 1 atom stereocenters. The fraction of sp³-hybridized carbons (Fsp3) is 0.484. The average molecular weight is 549 g/mol. The van der Waals surface area contributed by atoms with Crippen LogP contribution in [0.15, 0.2) is 35.1 Å². The Morgan fingerprint density at radius 2 is 1.93 bits per heavy atom. The summed E-state index contributed by atoms with van der Waals surface area (Å²) in [5.41, 5.74) is 1.97. The second-order valence-corrected chi connectivity index (χ2v) is 10.6. The summed E-state index contributed by atoms with van der Waals surface area (Å²) < 4.78 is 7.13. The number of aryl methyl sites for hydroxylation is 1. The van der Waals surface area contributed by atoms with E-state index in [2.05, 4.69) is 12.2 Å². The number of amides is 1. The molecular weight excluding hydrogens is 508 g/mol. The number of carbonyl (C=O) groups is 2. The molecule has 0 unspecified atom stereocenters. The molecule has 4 rings (SSSR count). The average Bonchev–Trinajstić information content (AvgIpc) is 3.31. The van der Waals surface area contributed by atoms with Gasteiger partial charge in [0.1, 0.15) is 6.61 Å². The van der Waals surface area contributed by atoms with Gasteiger partial charge in [-0.1, -0.05) is 45.4 Å². The lowest BCUT2D eigenvalue weighted by Crippen LogP contribution is -2.47. The molecule has 1 amide bonds. The molecule has 2 aromatic heterocycles. The highest BCUT2D eigenvalue weighted by molar-refractivity contribution is 5.89. The van der Waals surface area contributed by atoms with E-state index < -0.39 is 23.0 Å². The molecule has 9 nitrogen and oxygen atoms in total. The van der Waals surface area contributed by atoms with Crippen molar-refractivity contribution in [2.75, 3.05) is 27.2 Å². The number of unbranched alkanes of at least 4 members (excludes halogenated alkanes) is 1. The summed E-state index contributed by atoms with van der Waals surface area (Å²) in [6.45, 7) is 6.67. The number of likely N-dealkylation sites (N-methyl/N-ethyl adjacent to an activating group) is 1. The van der Waals surface area contributed by atoms with E-state index in [1.165, 1.54) is 0 Å². The summed E-state index contributed by atoms with van der Waals surface area (Å²) in [7, 11) is 3.78. The summed E-state index contributed by atoms with van der Waals surface area (Å²) in [4.78, 5) is 46.7. The smallest absolute Gasteiger partial charge is 0.306 e. The van der Waals surface area contributed by atoms with E-state index in [0.717, 1.165) is 34.9 Å². The van der Waals surface area contributed by atoms with Gasteiger partial charge in [-0.3, -0.25) is 14.4 Å². The molecule has 3 heterocycles. The van der Waals surface area contributed by atoms with Gasteiger partial charge in [-0.25, -0.2) is 4.98 Å². The van der Waals surface area contributed by atoms with Crippen molar-refractivity contribution in [2.24, 2.45) is 0 Å². The molecule has 1 aliphatic heterocycles. The Morgan fingerprint density at radius 3 is 2.60 bits per heavy atom. The Labute approximate surface area is 235 Å². The number of para-hydroxylation sites is 1. The molecule has 9 heteroatoms. The third-order valence-electron chi connectivity index (χ3n) is 7.71. The first-order valence-corrected chi connectivity index (χ1v) is 14.1. The van der Waals surface area contributed by atoms with E-state index in [4.69, 9.17) is 9.72 Å². The molecule has 2 N–H and O–H groups in total. The summed E-state index contributed by atoms with van der Waals surface area (Å²) in [6.07, 6.45) is 2.54. The fourth-order valence-electron chi connectivity index (χ4n) is 5.37. The van der Waals surface area contributed by atoms with Gasteiger partial charge < -0.3 is 24.6 Å². The zero-order valence-electron chi connectivity index (χ0n) is 24.2. The van der Waals surface area contributed by atoms with E-state index >= 15 is 0 Å². The van der Waals surface area contributed by atoms with Crippen molar-refractivity contribution < 1.29 is 19.4 Å². The van der Waals surface area contributed by atoms with Crippen molar-refractivity contribution in [3.8, 4) is 11.4 Å². The van der Waals surface area contributed by atoms with Crippen LogP contribution in [0.3, 0.4) is 0 Å². The second kappa shape index (κ2) is 12.3. The van der Waals surface area contributed by atoms with Gasteiger partial charge >= 0.3 is 5.97 Å². The summed E-state index contributed by atoms with van der Waals surface area (Å²) in [5.74, 6) is -1.02. The van der Waals surface area contributed by atoms with Crippen LogP contribution in [-0.2, 0) is 39.5 Å². The Morgan fingerprint density at radius 1 is 1.18 bits per heavy atom. The predicted molar refractivity (Wildman–Crippen MR) is 155 cm³/mol. The molecule has 3 aromatic rings. The third kappa shape index (κ3) is 5.53. The lowest BCUT2D eigenvalue weighted by molar-refractivity contribution is -0.145. The van der Waals surface area contributed by atoms with Gasteiger partial charge in [0.05, 0.1) is 29.0 Å². The highest BCUT2D eigenvalue weighted by Gasteiger charge is 2.41. The van der Waals surface area contributed by atoms with Crippen molar-refractivity contribution in [2.45, 2.75) is 71.6 Å². The van der Waals surface area contributed by atoms with Crippen LogP contribution >= 0.6 is 0 Å². The molecule has 0 spiro atoms. The van der Waals surface area contributed by atoms with Crippen LogP contribution in [-0.4, -0.2) is 58.6 Å². The molecule has 1 aromatic carbocycles. The minimum Gasteiger partial charge on any atom is -0.461 e. The maximum Gasteiger partial charge on any atom is 0.306 e. The highest BCUT2D eigenvalue weighted by atomic mass is 16.5. The van der Waals surface area contributed by atoms with Gasteiger partial charge in [0.2, 0.25) is 0 Å². The zero-order valence-corrected chi connectivity index (χ0v) is 24.2. The Hall–Kier alpha value is -3.56. The molecular formula is C31H40N4O5. The first kappa shape index (κ1) is 29.4. The number of pyridine rings is 2. The first-order valence-electron chi connectivity index (χ1n) is 14.1. The number of carbonyl (C=O) groups excluding carboxylic acids is 2. The maximum absolute atomic E-state index is 14.1. The lowest BCUT2D eigenvalue weighted by atomic mass is 9.86. The number of hydrogen-bond acceptors (Lipinski definition) is 7. The monoisotopic (exact) mass is 548 g/mol. The summed E-state index contributed by atoms with van der Waals surface area (Å²) in [6, 6.07) is 9.58. The quantitative estimate of drug-likeness (QED) is 0.261. The second-order valence-electron chi connectivity index (χ2n) is 10.6. The number of nitrogens with zero attached hydrogens (tertiary/aromatic N) is 3. The molecule has 1 aliphatic rings. The van der Waals surface area contributed by atoms with Gasteiger partial charge in [-0.15, -0.1) is 0 Å². The van der Waals surface area contributed by atoms with Crippen LogP contribution in [0.5, 0.6) is 0 Å². The zero-order chi connectivity index (χ0) is 29.0. The first-order chi connectivity index (χ1) is 19.2. The molecule has 0 aliphatic carbocycles. The van der Waals surface area contributed by atoms with Crippen molar-refractivity contribution in [1.82, 2.24) is 19.8 Å². The van der Waals surface area contributed by atoms with Crippen molar-refractivity contribution >= 4 is 22.8 Å². The van der Waals surface area contributed by atoms with E-state index in [1.807, 2.05) is 50.2 Å². The fourth-order valence-corrected chi connectivity index (χ4v) is 5.37. The number of ether oxygens (including phenoxy) is 1. The lowest BCUT2D eigenvalue weighted by Gasteiger charge is -2.29. The van der Waals surface area contributed by atoms with Crippen LogP contribution in [0.4, 0.5) is 0 Å². The molecule has 0 saturated carbocycles. The number of fused-ring (bicyclic) bond motifs is 4. The van der Waals surface area contributed by atoms with E-state index in [9.17, 15) is 19.5 Å². The summed E-state index contributed by atoms with van der Waals surface area (Å²) >= 11 is 0. The standard InChI is InChI=1S/C31H40N4O5/c1-6-9-14-27(36)40-19-23-24(31(39,8-3)30(38)32-15-16-34(4)5)17-26-28-22(18-35(26)29(23)37)20(7-2)21-12-10-11-13-25(21)33-28/h10-13,17,39H,6-9,14-16,18-19H2,1-5H3,(H,32,38)/t31-/m0/s1. The number of esters is 1. The van der Waals surface area contributed by atoms with Crippen LogP contribution < -0.4 is 10.9 Å². The molecule has 40 heavy (non-hydrogen) atoms. The third-order valence-corrected chi connectivity index (χ3v) is 7.71. The van der Waals surface area contributed by atoms with Gasteiger partial charge in [0, 0.05) is 36.0 Å². The largest absolute Gasteiger partial charge is 0.461 e. The van der Waals surface area contributed by atoms with E-state index in [0.29, 0.717) is 37.4 Å². The number of nitrogens with one attached hydrogen (secondary N) is 1. The van der Waals surface area contributed by atoms with Crippen molar-refractivity contribution in [1.29, 1.82) is 0 Å². The minimum atomic E-state index is -2.00. The van der Waals surface area contributed by atoms with Crippen molar-refractivity contribution in [3.63, 3.8) is 0 Å². The van der Waals surface area contributed by atoms with E-state index in [-0.39, 0.29) is 30.6 Å². The van der Waals surface area contributed by atoms with Gasteiger partial charge in [-0.2, -0.15) is 0 Å². The number of benzene rings is 1. The Kier molecular flexibility index (Phi) is 9.05.